The van der Waals surface area contributed by atoms with Gasteiger partial charge >= 0.3 is 0 Å². The maximum atomic E-state index is 12.4. The number of pyridine rings is 1. The number of hydrogen-bond acceptors (Lipinski definition) is 3. The molecule has 21 heavy (non-hydrogen) atoms. The van der Waals surface area contributed by atoms with E-state index in [1.165, 1.54) is 0 Å². The molecule has 3 N–H and O–H groups in total. The normalized spacial score (nSPS) is 16.0. The summed E-state index contributed by atoms with van der Waals surface area (Å²) in [5, 5.41) is 1.04. The van der Waals surface area contributed by atoms with Gasteiger partial charge in [-0.1, -0.05) is 0 Å². The fourth-order valence-corrected chi connectivity index (χ4v) is 2.85. The van der Waals surface area contributed by atoms with E-state index in [4.69, 9.17) is 5.73 Å². The second-order valence-electron chi connectivity index (χ2n) is 5.45. The first-order valence-corrected chi connectivity index (χ1v) is 7.16. The number of nitrogens with zero attached hydrogens (tertiary/aromatic N) is 2. The van der Waals surface area contributed by atoms with Crippen LogP contribution < -0.4 is 5.73 Å². The summed E-state index contributed by atoms with van der Waals surface area (Å²) in [6, 6.07) is 3.90. The number of rotatable bonds is 3. The predicted molar refractivity (Wildman–Crippen MR) is 85.4 cm³/mol. The largest absolute Gasteiger partial charge is 0.346 e. The minimum atomic E-state index is 0. The van der Waals surface area contributed by atoms with Crippen LogP contribution in [0.3, 0.4) is 0 Å². The van der Waals surface area contributed by atoms with E-state index in [1.54, 1.807) is 6.20 Å². The highest BCUT2D eigenvalue weighted by Crippen LogP contribution is 2.20. The van der Waals surface area contributed by atoms with Gasteiger partial charge in [0.2, 0.25) is 5.91 Å². The van der Waals surface area contributed by atoms with Crippen molar-refractivity contribution in [2.75, 3.05) is 19.6 Å². The molecule has 0 saturated carbocycles. The molecule has 1 aliphatic heterocycles. The first kappa shape index (κ1) is 15.8. The molecule has 0 aliphatic carbocycles. The predicted octanol–water partition coefficient (Wildman–Crippen LogP) is 1.72. The Morgan fingerprint density at radius 3 is 2.90 bits per heavy atom. The summed E-state index contributed by atoms with van der Waals surface area (Å²) in [5.41, 5.74) is 7.55. The van der Waals surface area contributed by atoms with Gasteiger partial charge in [0.05, 0.1) is 6.42 Å². The van der Waals surface area contributed by atoms with E-state index in [1.807, 2.05) is 23.2 Å². The molecule has 3 heterocycles. The van der Waals surface area contributed by atoms with Crippen LogP contribution in [0.1, 0.15) is 18.4 Å². The van der Waals surface area contributed by atoms with Crippen LogP contribution in [0.4, 0.5) is 0 Å². The van der Waals surface area contributed by atoms with Crippen molar-refractivity contribution in [2.24, 2.45) is 11.7 Å². The van der Waals surface area contributed by atoms with E-state index in [0.29, 0.717) is 12.3 Å². The number of amides is 1. The molecule has 0 spiro atoms. The van der Waals surface area contributed by atoms with Crippen LogP contribution in [-0.2, 0) is 11.2 Å². The molecule has 0 atom stereocenters. The Labute approximate surface area is 130 Å². The van der Waals surface area contributed by atoms with Crippen molar-refractivity contribution in [3.63, 3.8) is 0 Å². The molecule has 1 aliphatic rings. The lowest BCUT2D eigenvalue weighted by molar-refractivity contribution is -0.131. The topological polar surface area (TPSA) is 75.0 Å². The lowest BCUT2D eigenvalue weighted by Crippen LogP contribution is -2.40. The molecule has 0 bridgehead atoms. The third-order valence-electron chi connectivity index (χ3n) is 4.18. The van der Waals surface area contributed by atoms with Gasteiger partial charge in [0.15, 0.2) is 0 Å². The highest BCUT2D eigenvalue weighted by Gasteiger charge is 2.22. The van der Waals surface area contributed by atoms with Gasteiger partial charge < -0.3 is 15.6 Å². The number of piperidine rings is 1. The number of aromatic nitrogens is 2. The zero-order valence-corrected chi connectivity index (χ0v) is 12.7. The number of halogens is 1. The summed E-state index contributed by atoms with van der Waals surface area (Å²) in [7, 11) is 0. The van der Waals surface area contributed by atoms with Crippen molar-refractivity contribution in [3.8, 4) is 0 Å². The van der Waals surface area contributed by atoms with Gasteiger partial charge in [-0.2, -0.15) is 0 Å². The summed E-state index contributed by atoms with van der Waals surface area (Å²) in [6.07, 6.45) is 6.14. The summed E-state index contributed by atoms with van der Waals surface area (Å²) in [5.74, 6) is 0.779. The molecule has 2 aromatic rings. The molecule has 2 aromatic heterocycles. The maximum absolute atomic E-state index is 12.4. The number of hydrogen-bond donors (Lipinski definition) is 2. The molecule has 1 amide bonds. The van der Waals surface area contributed by atoms with Gasteiger partial charge in [0.1, 0.15) is 5.65 Å². The number of carbonyl (C=O) groups excluding carboxylic acids is 1. The van der Waals surface area contributed by atoms with Crippen LogP contribution in [0.2, 0.25) is 0 Å². The number of fused-ring (bicyclic) bond motifs is 1. The van der Waals surface area contributed by atoms with E-state index in [9.17, 15) is 4.79 Å². The summed E-state index contributed by atoms with van der Waals surface area (Å²) in [6.45, 7) is 2.40. The van der Waals surface area contributed by atoms with Crippen molar-refractivity contribution in [1.29, 1.82) is 0 Å². The lowest BCUT2D eigenvalue weighted by atomic mass is 9.96. The summed E-state index contributed by atoms with van der Waals surface area (Å²) < 4.78 is 0. The minimum Gasteiger partial charge on any atom is -0.346 e. The molecule has 3 rings (SSSR count). The number of nitrogens with two attached hydrogens (primary N) is 1. The van der Waals surface area contributed by atoms with Gasteiger partial charge in [0, 0.05) is 30.9 Å². The number of nitrogens with one attached hydrogen (secondary N) is 1. The van der Waals surface area contributed by atoms with Crippen molar-refractivity contribution < 1.29 is 4.79 Å². The van der Waals surface area contributed by atoms with Crippen LogP contribution in [0, 0.1) is 5.92 Å². The zero-order chi connectivity index (χ0) is 13.9. The van der Waals surface area contributed by atoms with E-state index in [2.05, 4.69) is 9.97 Å². The van der Waals surface area contributed by atoms with Gasteiger partial charge in [-0.05, 0) is 43.0 Å². The Hall–Kier alpha value is -1.59. The molecule has 6 heteroatoms. The molecular formula is C15H21ClN4O. The SMILES string of the molecule is Cl.NCC1CCN(C(=O)Cc2c[nH]c3ncccc23)CC1. The second kappa shape index (κ2) is 6.91. The Bertz CT molecular complexity index is 604. The Balaban J connectivity index is 0.00000161. The molecule has 114 valence electrons. The van der Waals surface area contributed by atoms with Crippen LogP contribution in [0.5, 0.6) is 0 Å². The van der Waals surface area contributed by atoms with Crippen molar-refractivity contribution in [1.82, 2.24) is 14.9 Å². The zero-order valence-electron chi connectivity index (χ0n) is 11.9. The third kappa shape index (κ3) is 3.36. The van der Waals surface area contributed by atoms with E-state index in [-0.39, 0.29) is 18.3 Å². The first-order chi connectivity index (χ1) is 9.78. The molecule has 1 fully saturated rings. The standard InChI is InChI=1S/C15H20N4O.ClH/c16-9-11-3-6-19(7-4-11)14(20)8-12-10-18-15-13(12)2-1-5-17-15;/h1-2,5,10-11H,3-4,6-9,16H2,(H,17,18);1H. The molecule has 0 radical (unpaired) electrons. The van der Waals surface area contributed by atoms with Crippen LogP contribution in [0.25, 0.3) is 11.0 Å². The summed E-state index contributed by atoms with van der Waals surface area (Å²) in [4.78, 5) is 21.7. The fraction of sp³-hybridized carbons (Fsp3) is 0.467. The number of carbonyl (C=O) groups is 1. The van der Waals surface area contributed by atoms with E-state index < -0.39 is 0 Å². The van der Waals surface area contributed by atoms with Crippen LogP contribution in [0.15, 0.2) is 24.5 Å². The third-order valence-corrected chi connectivity index (χ3v) is 4.18. The molecule has 0 unspecified atom stereocenters. The number of aromatic amines is 1. The smallest absolute Gasteiger partial charge is 0.227 e. The fourth-order valence-electron chi connectivity index (χ4n) is 2.85. The highest BCUT2D eigenvalue weighted by atomic mass is 35.5. The first-order valence-electron chi connectivity index (χ1n) is 7.16. The van der Waals surface area contributed by atoms with Crippen molar-refractivity contribution in [2.45, 2.75) is 19.3 Å². The van der Waals surface area contributed by atoms with Gasteiger partial charge in [-0.15, -0.1) is 12.4 Å². The monoisotopic (exact) mass is 308 g/mol. The van der Waals surface area contributed by atoms with Gasteiger partial charge in [-0.3, -0.25) is 4.79 Å². The van der Waals surface area contributed by atoms with Crippen LogP contribution in [-0.4, -0.2) is 40.4 Å². The number of likely N-dealkylation sites (tertiary alicyclic amines) is 1. The minimum absolute atomic E-state index is 0. The van der Waals surface area contributed by atoms with E-state index >= 15 is 0 Å². The molecular weight excluding hydrogens is 288 g/mol. The quantitative estimate of drug-likeness (QED) is 0.906. The van der Waals surface area contributed by atoms with Gasteiger partial charge in [0.25, 0.3) is 0 Å². The van der Waals surface area contributed by atoms with E-state index in [0.717, 1.165) is 49.1 Å². The lowest BCUT2D eigenvalue weighted by Gasteiger charge is -2.31. The van der Waals surface area contributed by atoms with Gasteiger partial charge in [-0.25, -0.2) is 4.98 Å². The second-order valence-corrected chi connectivity index (χ2v) is 5.45. The Morgan fingerprint density at radius 2 is 2.19 bits per heavy atom. The molecule has 0 aromatic carbocycles. The number of H-pyrrole nitrogens is 1. The molecule has 1 saturated heterocycles. The highest BCUT2D eigenvalue weighted by molar-refractivity contribution is 5.87. The Morgan fingerprint density at radius 1 is 1.43 bits per heavy atom. The maximum Gasteiger partial charge on any atom is 0.227 e. The van der Waals surface area contributed by atoms with Crippen LogP contribution >= 0.6 is 12.4 Å². The Kier molecular flexibility index (Phi) is 5.20. The van der Waals surface area contributed by atoms with Crippen molar-refractivity contribution >= 4 is 29.3 Å². The average molecular weight is 309 g/mol. The summed E-state index contributed by atoms with van der Waals surface area (Å²) >= 11 is 0. The average Bonchev–Trinajstić information content (AvgIpc) is 2.91. The molecule has 5 nitrogen and oxygen atoms in total. The van der Waals surface area contributed by atoms with Crippen molar-refractivity contribution in [3.05, 3.63) is 30.1 Å².